The molecule has 132 valence electrons. The highest BCUT2D eigenvalue weighted by Crippen LogP contribution is 2.35. The van der Waals surface area contributed by atoms with E-state index < -0.39 is 0 Å². The Hall–Kier alpha value is -1.97. The number of carbonyl (C=O) groups is 1. The number of benzene rings is 1. The number of aromatic amines is 1. The molecule has 0 spiro atoms. The molecule has 0 aliphatic rings. The predicted octanol–water partition coefficient (Wildman–Crippen LogP) is 5.10. The number of nitrogens with one attached hydrogen (secondary N) is 1. The van der Waals surface area contributed by atoms with Gasteiger partial charge in [0.05, 0.1) is 19.6 Å². The summed E-state index contributed by atoms with van der Waals surface area (Å²) in [5, 5.41) is 1.06. The van der Waals surface area contributed by atoms with Crippen LogP contribution < -0.4 is 4.74 Å². The number of rotatable bonds is 9. The van der Waals surface area contributed by atoms with E-state index in [9.17, 15) is 4.79 Å². The van der Waals surface area contributed by atoms with E-state index in [-0.39, 0.29) is 11.9 Å². The van der Waals surface area contributed by atoms with Gasteiger partial charge >= 0.3 is 5.97 Å². The number of hydrogen-bond acceptors (Lipinski definition) is 3. The molecule has 0 amide bonds. The highest BCUT2D eigenvalue weighted by atomic mass is 16.5. The van der Waals surface area contributed by atoms with Gasteiger partial charge < -0.3 is 14.5 Å². The van der Waals surface area contributed by atoms with Gasteiger partial charge in [-0.15, -0.1) is 0 Å². The van der Waals surface area contributed by atoms with Crippen LogP contribution in [0.25, 0.3) is 10.9 Å². The monoisotopic (exact) mass is 331 g/mol. The van der Waals surface area contributed by atoms with Crippen LogP contribution in [0.3, 0.4) is 0 Å². The summed E-state index contributed by atoms with van der Waals surface area (Å²) in [6.45, 7) is 6.49. The average Bonchev–Trinajstić information content (AvgIpc) is 2.90. The van der Waals surface area contributed by atoms with Crippen molar-refractivity contribution in [1.82, 2.24) is 4.98 Å². The zero-order chi connectivity index (χ0) is 17.5. The van der Waals surface area contributed by atoms with E-state index >= 15 is 0 Å². The highest BCUT2D eigenvalue weighted by molar-refractivity contribution is 5.92. The Balaban J connectivity index is 2.38. The largest absolute Gasteiger partial charge is 0.497 e. The molecule has 0 bridgehead atoms. The number of unbranched alkanes of at least 4 members (excludes halogenated alkanes) is 3. The maximum absolute atomic E-state index is 12.6. The lowest BCUT2D eigenvalue weighted by Crippen LogP contribution is -2.17. The van der Waals surface area contributed by atoms with Crippen LogP contribution >= 0.6 is 0 Å². The third-order valence-corrected chi connectivity index (χ3v) is 4.51. The Bertz CT molecular complexity index is 675. The van der Waals surface area contributed by atoms with E-state index in [2.05, 4.69) is 11.9 Å². The van der Waals surface area contributed by atoms with Crippen LogP contribution in [0.15, 0.2) is 18.2 Å². The van der Waals surface area contributed by atoms with E-state index in [0.29, 0.717) is 6.61 Å². The Morgan fingerprint density at radius 3 is 2.67 bits per heavy atom. The number of esters is 1. The second-order valence-electron chi connectivity index (χ2n) is 6.23. The summed E-state index contributed by atoms with van der Waals surface area (Å²) in [4.78, 5) is 16.0. The highest BCUT2D eigenvalue weighted by Gasteiger charge is 2.26. The molecule has 4 nitrogen and oxygen atoms in total. The molecule has 1 aromatic heterocycles. The normalized spacial score (nSPS) is 12.3. The molecule has 1 aromatic carbocycles. The van der Waals surface area contributed by atoms with E-state index in [1.165, 1.54) is 12.8 Å². The quantitative estimate of drug-likeness (QED) is 0.513. The molecule has 1 heterocycles. The lowest BCUT2D eigenvalue weighted by molar-refractivity contribution is -0.145. The van der Waals surface area contributed by atoms with E-state index in [0.717, 1.165) is 47.2 Å². The van der Waals surface area contributed by atoms with Crippen LogP contribution in [0.5, 0.6) is 5.75 Å². The Morgan fingerprint density at radius 2 is 2.00 bits per heavy atom. The number of H-pyrrole nitrogens is 1. The summed E-state index contributed by atoms with van der Waals surface area (Å²) in [7, 11) is 1.66. The minimum absolute atomic E-state index is 0.124. The minimum Gasteiger partial charge on any atom is -0.497 e. The number of ether oxygens (including phenoxy) is 2. The van der Waals surface area contributed by atoms with E-state index in [1.54, 1.807) is 7.11 Å². The number of hydrogen-bond donors (Lipinski definition) is 1. The molecular weight excluding hydrogens is 302 g/mol. The molecule has 0 aliphatic heterocycles. The summed E-state index contributed by atoms with van der Waals surface area (Å²) in [6.07, 6.45) is 5.40. The van der Waals surface area contributed by atoms with Crippen molar-refractivity contribution in [3.8, 4) is 5.75 Å². The molecular formula is C20H29NO3. The van der Waals surface area contributed by atoms with Gasteiger partial charge in [0, 0.05) is 16.6 Å². The minimum atomic E-state index is -0.220. The van der Waals surface area contributed by atoms with Gasteiger partial charge in [0.2, 0.25) is 0 Å². The van der Waals surface area contributed by atoms with Gasteiger partial charge in [-0.1, -0.05) is 32.6 Å². The molecule has 4 heteroatoms. The van der Waals surface area contributed by atoms with Crippen LogP contribution in [-0.4, -0.2) is 24.7 Å². The number of carbonyl (C=O) groups excluding carboxylic acids is 1. The van der Waals surface area contributed by atoms with Crippen molar-refractivity contribution in [1.29, 1.82) is 0 Å². The first-order chi connectivity index (χ1) is 11.6. The first kappa shape index (κ1) is 18.4. The SMILES string of the molecule is CCCCCCC(C(=O)OCC)c1c(C)[nH]c2ccc(OC)cc12. The van der Waals surface area contributed by atoms with Crippen molar-refractivity contribution in [2.45, 2.75) is 58.8 Å². The van der Waals surface area contributed by atoms with Crippen molar-refractivity contribution >= 4 is 16.9 Å². The Morgan fingerprint density at radius 1 is 1.21 bits per heavy atom. The zero-order valence-corrected chi connectivity index (χ0v) is 15.3. The van der Waals surface area contributed by atoms with Gasteiger partial charge in [-0.25, -0.2) is 0 Å². The molecule has 1 unspecified atom stereocenters. The number of methoxy groups -OCH3 is 1. The summed E-state index contributed by atoms with van der Waals surface area (Å²) >= 11 is 0. The van der Waals surface area contributed by atoms with Gasteiger partial charge in [0.15, 0.2) is 0 Å². The van der Waals surface area contributed by atoms with Crippen LogP contribution in [0.2, 0.25) is 0 Å². The molecule has 0 radical (unpaired) electrons. The van der Waals surface area contributed by atoms with Crippen LogP contribution in [0.1, 0.15) is 63.1 Å². The van der Waals surface area contributed by atoms with Crippen molar-refractivity contribution in [2.75, 3.05) is 13.7 Å². The maximum atomic E-state index is 12.6. The van der Waals surface area contributed by atoms with Gasteiger partial charge in [-0.3, -0.25) is 4.79 Å². The molecule has 1 atom stereocenters. The topological polar surface area (TPSA) is 51.3 Å². The fourth-order valence-corrected chi connectivity index (χ4v) is 3.30. The van der Waals surface area contributed by atoms with E-state index in [1.807, 2.05) is 32.0 Å². The van der Waals surface area contributed by atoms with Gasteiger partial charge in [0.25, 0.3) is 0 Å². The van der Waals surface area contributed by atoms with Gasteiger partial charge in [-0.05, 0) is 44.0 Å². The molecule has 0 saturated carbocycles. The van der Waals surface area contributed by atoms with E-state index in [4.69, 9.17) is 9.47 Å². The zero-order valence-electron chi connectivity index (χ0n) is 15.3. The third-order valence-electron chi connectivity index (χ3n) is 4.51. The first-order valence-corrected chi connectivity index (χ1v) is 8.95. The van der Waals surface area contributed by atoms with Crippen molar-refractivity contribution in [3.05, 3.63) is 29.5 Å². The second-order valence-corrected chi connectivity index (χ2v) is 6.23. The van der Waals surface area contributed by atoms with Crippen LogP contribution in [0, 0.1) is 6.92 Å². The average molecular weight is 331 g/mol. The summed E-state index contributed by atoms with van der Waals surface area (Å²) in [5.41, 5.74) is 3.12. The van der Waals surface area contributed by atoms with Gasteiger partial charge in [-0.2, -0.15) is 0 Å². The Labute approximate surface area is 144 Å². The molecule has 0 saturated heterocycles. The van der Waals surface area contributed by atoms with Gasteiger partial charge in [0.1, 0.15) is 5.75 Å². The van der Waals surface area contributed by atoms with Crippen molar-refractivity contribution < 1.29 is 14.3 Å². The standard InChI is InChI=1S/C20H29NO3/c1-5-7-8-9-10-16(20(22)24-6-2)19-14(3)21-18-12-11-15(23-4)13-17(18)19/h11-13,16,21H,5-10H2,1-4H3. The lowest BCUT2D eigenvalue weighted by atomic mass is 9.90. The summed E-state index contributed by atoms with van der Waals surface area (Å²) < 4.78 is 10.7. The summed E-state index contributed by atoms with van der Waals surface area (Å²) in [5.74, 6) is 0.458. The van der Waals surface area contributed by atoms with Crippen LogP contribution in [-0.2, 0) is 9.53 Å². The molecule has 1 N–H and O–H groups in total. The summed E-state index contributed by atoms with van der Waals surface area (Å²) in [6, 6.07) is 5.94. The smallest absolute Gasteiger partial charge is 0.313 e. The molecule has 2 rings (SSSR count). The molecule has 0 aliphatic carbocycles. The number of aromatic nitrogens is 1. The molecule has 2 aromatic rings. The fraction of sp³-hybridized carbons (Fsp3) is 0.550. The number of aryl methyl sites for hydroxylation is 1. The van der Waals surface area contributed by atoms with Crippen molar-refractivity contribution in [3.63, 3.8) is 0 Å². The van der Waals surface area contributed by atoms with Crippen molar-refractivity contribution in [2.24, 2.45) is 0 Å². The predicted molar refractivity (Wildman–Crippen MR) is 97.7 cm³/mol. The third kappa shape index (κ3) is 4.11. The first-order valence-electron chi connectivity index (χ1n) is 8.95. The Kier molecular flexibility index (Phi) is 6.71. The molecule has 24 heavy (non-hydrogen) atoms. The fourth-order valence-electron chi connectivity index (χ4n) is 3.30. The van der Waals surface area contributed by atoms with Crippen LogP contribution in [0.4, 0.5) is 0 Å². The molecule has 0 fully saturated rings. The maximum Gasteiger partial charge on any atom is 0.313 e. The number of fused-ring (bicyclic) bond motifs is 1. The lowest BCUT2D eigenvalue weighted by Gasteiger charge is -2.16. The second kappa shape index (κ2) is 8.76.